The van der Waals surface area contributed by atoms with Crippen LogP contribution in [0, 0.1) is 0 Å². The van der Waals surface area contributed by atoms with E-state index in [0.717, 1.165) is 23.7 Å². The molecule has 5 aromatic carbocycles. The van der Waals surface area contributed by atoms with Gasteiger partial charge in [0.05, 0.1) is 5.41 Å². The minimum Gasteiger partial charge on any atom is -0.0839 e. The Kier molecular flexibility index (Phi) is 6.64. The number of fused-ring (bicyclic) bond motifs is 1. The van der Waals surface area contributed by atoms with E-state index in [1.165, 1.54) is 44.5 Å². The van der Waals surface area contributed by atoms with Crippen LogP contribution in [-0.4, -0.2) is 0 Å². The molecule has 0 aromatic heterocycles. The summed E-state index contributed by atoms with van der Waals surface area (Å²) in [7, 11) is 0. The van der Waals surface area contributed by atoms with Crippen LogP contribution in [0.15, 0.2) is 161 Å². The molecule has 0 fully saturated rings. The Hall–Kier alpha value is -3.94. The monoisotopic (exact) mass is 592 g/mol. The summed E-state index contributed by atoms with van der Waals surface area (Å²) >= 11 is 3.89. The second kappa shape index (κ2) is 10.5. The van der Waals surface area contributed by atoms with Gasteiger partial charge in [-0.15, -0.1) is 0 Å². The fourth-order valence-electron chi connectivity index (χ4n) is 7.79. The normalized spacial score (nSPS) is 19.0. The quantitative estimate of drug-likeness (QED) is 0.190. The predicted molar refractivity (Wildman–Crippen MR) is 175 cm³/mol. The zero-order chi connectivity index (χ0) is 27.9. The second-order valence-electron chi connectivity index (χ2n) is 11.1. The van der Waals surface area contributed by atoms with E-state index in [-0.39, 0.29) is 5.41 Å². The fraction of sp³-hybridized carbons (Fsp3) is 0.150. The van der Waals surface area contributed by atoms with Gasteiger partial charge in [-0.2, -0.15) is 0 Å². The van der Waals surface area contributed by atoms with Crippen LogP contribution in [0.2, 0.25) is 0 Å². The van der Waals surface area contributed by atoms with Crippen LogP contribution in [0.5, 0.6) is 0 Å². The van der Waals surface area contributed by atoms with Gasteiger partial charge in [0.1, 0.15) is 0 Å². The van der Waals surface area contributed by atoms with E-state index in [0.29, 0.717) is 0 Å². The SMILES string of the molecule is CCC1(c2ccccc2-c2ccccc2Br)C2=C(C=CCC2)C(c2ccccc2)(c2ccccc2)c2ccccc21. The van der Waals surface area contributed by atoms with Gasteiger partial charge in [-0.1, -0.05) is 168 Å². The van der Waals surface area contributed by atoms with Crippen molar-refractivity contribution in [2.75, 3.05) is 0 Å². The van der Waals surface area contributed by atoms with Gasteiger partial charge in [-0.25, -0.2) is 0 Å². The van der Waals surface area contributed by atoms with Crippen LogP contribution in [0.4, 0.5) is 0 Å². The van der Waals surface area contributed by atoms with Gasteiger partial charge >= 0.3 is 0 Å². The largest absolute Gasteiger partial charge is 0.0839 e. The number of allylic oxidation sites excluding steroid dienone is 4. The molecule has 0 spiro atoms. The second-order valence-corrected chi connectivity index (χ2v) is 12.0. The first-order valence-corrected chi connectivity index (χ1v) is 15.5. The number of benzene rings is 5. The first-order valence-electron chi connectivity index (χ1n) is 14.7. The van der Waals surface area contributed by atoms with Crippen molar-refractivity contribution >= 4 is 15.9 Å². The van der Waals surface area contributed by atoms with Crippen molar-refractivity contribution in [3.63, 3.8) is 0 Å². The van der Waals surface area contributed by atoms with Gasteiger partial charge < -0.3 is 0 Å². The van der Waals surface area contributed by atoms with Gasteiger partial charge in [-0.3, -0.25) is 0 Å². The maximum atomic E-state index is 3.89. The molecule has 1 unspecified atom stereocenters. The molecule has 0 N–H and O–H groups in total. The number of halogens is 1. The van der Waals surface area contributed by atoms with Crippen LogP contribution in [0.25, 0.3) is 11.1 Å². The lowest BCUT2D eigenvalue weighted by Gasteiger charge is -2.52. The molecule has 41 heavy (non-hydrogen) atoms. The molecule has 0 aliphatic heterocycles. The first-order chi connectivity index (χ1) is 20.2. The Morgan fingerprint density at radius 2 is 1.12 bits per heavy atom. The molecule has 200 valence electrons. The van der Waals surface area contributed by atoms with E-state index in [1.54, 1.807) is 5.57 Å². The van der Waals surface area contributed by atoms with Crippen LogP contribution >= 0.6 is 15.9 Å². The lowest BCUT2D eigenvalue weighted by atomic mass is 9.50. The summed E-state index contributed by atoms with van der Waals surface area (Å²) < 4.78 is 1.13. The highest BCUT2D eigenvalue weighted by molar-refractivity contribution is 9.10. The Labute approximate surface area is 252 Å². The summed E-state index contributed by atoms with van der Waals surface area (Å²) in [6.07, 6.45) is 7.94. The van der Waals surface area contributed by atoms with Crippen molar-refractivity contribution < 1.29 is 0 Å². The Morgan fingerprint density at radius 3 is 1.76 bits per heavy atom. The third-order valence-corrected chi connectivity index (χ3v) is 10.1. The lowest BCUT2D eigenvalue weighted by molar-refractivity contribution is 0.500. The van der Waals surface area contributed by atoms with Gasteiger partial charge in [0.25, 0.3) is 0 Å². The fourth-order valence-corrected chi connectivity index (χ4v) is 8.28. The first kappa shape index (κ1) is 26.0. The van der Waals surface area contributed by atoms with Gasteiger partial charge in [-0.05, 0) is 69.8 Å². The van der Waals surface area contributed by atoms with E-state index in [1.807, 2.05) is 0 Å². The van der Waals surface area contributed by atoms with Crippen molar-refractivity contribution in [2.24, 2.45) is 0 Å². The molecule has 2 aliphatic carbocycles. The van der Waals surface area contributed by atoms with Crippen LogP contribution in [0.3, 0.4) is 0 Å². The zero-order valence-corrected chi connectivity index (χ0v) is 24.9. The highest BCUT2D eigenvalue weighted by Crippen LogP contribution is 2.61. The lowest BCUT2D eigenvalue weighted by Crippen LogP contribution is -2.45. The molecule has 1 atom stereocenters. The van der Waals surface area contributed by atoms with Crippen LogP contribution < -0.4 is 0 Å². The van der Waals surface area contributed by atoms with E-state index >= 15 is 0 Å². The van der Waals surface area contributed by atoms with Crippen molar-refractivity contribution in [3.05, 3.63) is 189 Å². The smallest absolute Gasteiger partial charge is 0.0704 e. The Balaban J connectivity index is 1.66. The molecule has 0 heterocycles. The molecule has 7 rings (SSSR count). The van der Waals surface area contributed by atoms with E-state index in [9.17, 15) is 0 Å². The summed E-state index contributed by atoms with van der Waals surface area (Å²) in [6, 6.07) is 49.4. The topological polar surface area (TPSA) is 0 Å². The molecular formula is C40H33Br. The minimum atomic E-state index is -0.397. The summed E-state index contributed by atoms with van der Waals surface area (Å²) in [4.78, 5) is 0. The highest BCUT2D eigenvalue weighted by atomic mass is 79.9. The summed E-state index contributed by atoms with van der Waals surface area (Å²) in [5.41, 5.74) is 11.7. The molecule has 2 aliphatic rings. The number of rotatable bonds is 5. The highest BCUT2D eigenvalue weighted by Gasteiger charge is 2.53. The van der Waals surface area contributed by atoms with Crippen molar-refractivity contribution in [3.8, 4) is 11.1 Å². The van der Waals surface area contributed by atoms with E-state index in [4.69, 9.17) is 0 Å². The Morgan fingerprint density at radius 1 is 0.585 bits per heavy atom. The van der Waals surface area contributed by atoms with Crippen molar-refractivity contribution in [1.29, 1.82) is 0 Å². The standard InChI is InChI=1S/C40H33Br/c1-2-39(33-23-11-9-21-31(33)32-22-10-16-28-38(32)41)34-24-12-14-26-36(34)40(29-17-5-3-6-18-29,30-19-7-4-8-20-30)37-27-15-13-25-35(37)39/h3-12,14-24,26-28H,2,13,25H2,1H3. The molecule has 0 amide bonds. The van der Waals surface area contributed by atoms with Gasteiger partial charge in [0, 0.05) is 9.89 Å². The number of hydrogen-bond donors (Lipinski definition) is 0. The Bertz CT molecular complexity index is 1740. The third kappa shape index (κ3) is 3.79. The summed E-state index contributed by atoms with van der Waals surface area (Å²) in [5, 5.41) is 0. The number of hydrogen-bond acceptors (Lipinski definition) is 0. The molecule has 0 bridgehead atoms. The van der Waals surface area contributed by atoms with E-state index in [2.05, 4.69) is 168 Å². The summed E-state index contributed by atoms with van der Waals surface area (Å²) in [6.45, 7) is 2.38. The molecular weight excluding hydrogens is 560 g/mol. The van der Waals surface area contributed by atoms with E-state index < -0.39 is 5.41 Å². The molecule has 5 aromatic rings. The summed E-state index contributed by atoms with van der Waals surface area (Å²) in [5.74, 6) is 0. The average molecular weight is 594 g/mol. The van der Waals surface area contributed by atoms with Crippen molar-refractivity contribution in [2.45, 2.75) is 37.0 Å². The molecule has 1 heteroatoms. The predicted octanol–water partition coefficient (Wildman–Crippen LogP) is 10.8. The minimum absolute atomic E-state index is 0.254. The average Bonchev–Trinajstić information content (AvgIpc) is 3.05. The van der Waals surface area contributed by atoms with Gasteiger partial charge in [0.2, 0.25) is 0 Å². The molecule has 0 saturated heterocycles. The molecule has 0 nitrogen and oxygen atoms in total. The van der Waals surface area contributed by atoms with Crippen LogP contribution in [0.1, 0.15) is 54.0 Å². The van der Waals surface area contributed by atoms with Gasteiger partial charge in [0.15, 0.2) is 0 Å². The molecule has 0 radical (unpaired) electrons. The zero-order valence-electron chi connectivity index (χ0n) is 23.4. The molecule has 0 saturated carbocycles. The maximum Gasteiger partial charge on any atom is 0.0704 e. The maximum absolute atomic E-state index is 3.89. The van der Waals surface area contributed by atoms with Crippen LogP contribution in [-0.2, 0) is 10.8 Å². The third-order valence-electron chi connectivity index (χ3n) is 9.38. The van der Waals surface area contributed by atoms with Crippen molar-refractivity contribution in [1.82, 2.24) is 0 Å².